The van der Waals surface area contributed by atoms with Gasteiger partial charge in [0.1, 0.15) is 16.6 Å². The lowest BCUT2D eigenvalue weighted by Gasteiger charge is -2.24. The Bertz CT molecular complexity index is 1330. The summed E-state index contributed by atoms with van der Waals surface area (Å²) in [6, 6.07) is 12.2. The van der Waals surface area contributed by atoms with E-state index in [4.69, 9.17) is 4.98 Å². The minimum absolute atomic E-state index is 0.632. The quantitative estimate of drug-likeness (QED) is 0.544. The van der Waals surface area contributed by atoms with Gasteiger partial charge in [0, 0.05) is 11.3 Å². The van der Waals surface area contributed by atoms with Gasteiger partial charge in [-0.15, -0.1) is 0 Å². The van der Waals surface area contributed by atoms with Crippen LogP contribution in [0.25, 0.3) is 16.6 Å². The van der Waals surface area contributed by atoms with Crippen LogP contribution in [0.3, 0.4) is 0 Å². The van der Waals surface area contributed by atoms with Gasteiger partial charge >= 0.3 is 0 Å². The van der Waals surface area contributed by atoms with Crippen LogP contribution in [0.15, 0.2) is 67.2 Å². The molecule has 1 aromatic carbocycles. The van der Waals surface area contributed by atoms with E-state index in [2.05, 4.69) is 26.3 Å². The summed E-state index contributed by atoms with van der Waals surface area (Å²) in [7, 11) is 0. The van der Waals surface area contributed by atoms with Gasteiger partial charge in [-0.2, -0.15) is 15.5 Å². The van der Waals surface area contributed by atoms with Crippen LogP contribution in [-0.2, 0) is 5.54 Å². The number of rotatable bonds is 5. The lowest BCUT2D eigenvalue weighted by atomic mass is 10.1. The molecule has 0 aliphatic heterocycles. The summed E-state index contributed by atoms with van der Waals surface area (Å²) in [5.74, 6) is 1.29. The molecule has 1 aliphatic carbocycles. The molecule has 0 saturated heterocycles. The monoisotopic (exact) mass is 394 g/mol. The van der Waals surface area contributed by atoms with E-state index >= 15 is 0 Å². The number of hydrogen-bond donors (Lipinski definition) is 1. The molecule has 0 unspecified atom stereocenters. The highest BCUT2D eigenvalue weighted by atomic mass is 15.3. The first kappa shape index (κ1) is 17.8. The number of hydrogen-bond acceptors (Lipinski definition) is 6. The molecule has 3 heterocycles. The summed E-state index contributed by atoms with van der Waals surface area (Å²) in [5, 5.41) is 21.1. The van der Waals surface area contributed by atoms with Gasteiger partial charge in [-0.1, -0.05) is 36.4 Å². The molecule has 0 atom stereocenters. The molecule has 8 nitrogen and oxygen atoms in total. The number of aromatic amines is 1. The Morgan fingerprint density at radius 2 is 1.90 bits per heavy atom. The van der Waals surface area contributed by atoms with Crippen LogP contribution in [0.2, 0.25) is 0 Å². The number of allylic oxidation sites excluding steroid dienone is 4. The minimum atomic E-state index is -0.776. The third-order valence-corrected chi connectivity index (χ3v) is 4.99. The predicted octanol–water partition coefficient (Wildman–Crippen LogP) is 4.23. The Hall–Kier alpha value is -4.25. The van der Waals surface area contributed by atoms with E-state index in [-0.39, 0.29) is 0 Å². The van der Waals surface area contributed by atoms with Gasteiger partial charge in [0.2, 0.25) is 0 Å². The summed E-state index contributed by atoms with van der Waals surface area (Å²) in [6.45, 7) is 3.64. The maximum atomic E-state index is 9.50. The van der Waals surface area contributed by atoms with Crippen molar-refractivity contribution in [3.8, 4) is 6.07 Å². The Labute approximate surface area is 172 Å². The van der Waals surface area contributed by atoms with E-state index in [0.29, 0.717) is 11.6 Å². The van der Waals surface area contributed by atoms with Crippen molar-refractivity contribution in [2.45, 2.75) is 19.4 Å². The zero-order valence-electron chi connectivity index (χ0n) is 16.5. The molecule has 5 rings (SSSR count). The fourth-order valence-corrected chi connectivity index (χ4v) is 3.21. The largest absolute Gasteiger partial charge is 0.290 e. The maximum Gasteiger partial charge on any atom is 0.167 e. The van der Waals surface area contributed by atoms with Gasteiger partial charge in [-0.3, -0.25) is 14.7 Å². The van der Waals surface area contributed by atoms with Crippen LogP contribution in [0.1, 0.15) is 19.7 Å². The molecule has 1 N–H and O–H groups in total. The standard InChI is InChI=1S/C22H18N8/c1-22(2,14-23)29-13-17(11-25-29)30(16-9-4-3-5-10-16)21-19-18(12-24-28-19)26-20(27-21)15-7-6-8-15/h3-13H,1-2H3,(H,24,28). The second-order valence-corrected chi connectivity index (χ2v) is 7.47. The fraction of sp³-hybridized carbons (Fsp3) is 0.136. The second-order valence-electron chi connectivity index (χ2n) is 7.47. The fourth-order valence-electron chi connectivity index (χ4n) is 3.21. The smallest absolute Gasteiger partial charge is 0.167 e. The molecule has 30 heavy (non-hydrogen) atoms. The van der Waals surface area contributed by atoms with Crippen molar-refractivity contribution in [1.82, 2.24) is 29.9 Å². The predicted molar refractivity (Wildman–Crippen MR) is 114 cm³/mol. The molecule has 0 amide bonds. The van der Waals surface area contributed by atoms with Crippen molar-refractivity contribution in [3.63, 3.8) is 0 Å². The highest BCUT2D eigenvalue weighted by molar-refractivity contribution is 5.93. The molecule has 0 bridgehead atoms. The van der Waals surface area contributed by atoms with E-state index in [1.165, 1.54) is 0 Å². The van der Waals surface area contributed by atoms with Crippen LogP contribution < -0.4 is 4.90 Å². The lowest BCUT2D eigenvalue weighted by molar-refractivity contribution is 0.418. The van der Waals surface area contributed by atoms with E-state index < -0.39 is 5.54 Å². The molecule has 8 heteroatoms. The van der Waals surface area contributed by atoms with Crippen LogP contribution in [-0.4, -0.2) is 29.9 Å². The third kappa shape index (κ3) is 2.84. The van der Waals surface area contributed by atoms with Crippen LogP contribution in [0.5, 0.6) is 0 Å². The average Bonchev–Trinajstić information content (AvgIpc) is 3.38. The average molecular weight is 394 g/mol. The van der Waals surface area contributed by atoms with Crippen molar-refractivity contribution in [2.24, 2.45) is 0 Å². The first-order valence-electron chi connectivity index (χ1n) is 9.48. The normalized spacial score (nSPS) is 13.0. The first-order chi connectivity index (χ1) is 14.6. The lowest BCUT2D eigenvalue weighted by Crippen LogP contribution is -2.24. The summed E-state index contributed by atoms with van der Waals surface area (Å²) < 4.78 is 1.65. The Morgan fingerprint density at radius 1 is 1.10 bits per heavy atom. The van der Waals surface area contributed by atoms with Gasteiger partial charge in [0.15, 0.2) is 11.6 Å². The highest BCUT2D eigenvalue weighted by Gasteiger charge is 2.25. The molecule has 146 valence electrons. The molecule has 0 radical (unpaired) electrons. The number of H-pyrrole nitrogens is 1. The Balaban J connectivity index is 1.73. The molecular formula is C22H18N8. The maximum absolute atomic E-state index is 9.50. The van der Waals surface area contributed by atoms with Crippen LogP contribution >= 0.6 is 0 Å². The van der Waals surface area contributed by atoms with Gasteiger partial charge in [-0.25, -0.2) is 9.97 Å². The van der Waals surface area contributed by atoms with Crippen molar-refractivity contribution in [3.05, 3.63) is 73.0 Å². The summed E-state index contributed by atoms with van der Waals surface area (Å²) in [5.41, 5.74) is 3.32. The second kappa shape index (κ2) is 6.67. The van der Waals surface area contributed by atoms with E-state index in [1.54, 1.807) is 17.1 Å². The van der Waals surface area contributed by atoms with Crippen molar-refractivity contribution in [2.75, 3.05) is 4.90 Å². The van der Waals surface area contributed by atoms with Crippen molar-refractivity contribution >= 4 is 33.8 Å². The minimum Gasteiger partial charge on any atom is -0.290 e. The van der Waals surface area contributed by atoms with E-state index in [9.17, 15) is 5.26 Å². The molecule has 0 spiro atoms. The van der Waals surface area contributed by atoms with Gasteiger partial charge in [0.05, 0.1) is 30.3 Å². The van der Waals surface area contributed by atoms with E-state index in [1.807, 2.05) is 73.5 Å². The van der Waals surface area contributed by atoms with Crippen molar-refractivity contribution < 1.29 is 0 Å². The number of nitriles is 1. The molecule has 0 fully saturated rings. The number of fused-ring (bicyclic) bond motifs is 1. The molecule has 4 aromatic rings. The summed E-state index contributed by atoms with van der Waals surface area (Å²) in [6.07, 6.45) is 11.2. The Kier molecular flexibility index (Phi) is 3.96. The summed E-state index contributed by atoms with van der Waals surface area (Å²) >= 11 is 0. The number of nitrogens with one attached hydrogen (secondary N) is 1. The molecule has 3 aromatic heterocycles. The number of nitrogens with zero attached hydrogens (tertiary/aromatic N) is 7. The third-order valence-electron chi connectivity index (χ3n) is 4.99. The molecule has 0 saturated carbocycles. The van der Waals surface area contributed by atoms with Crippen LogP contribution in [0, 0.1) is 11.3 Å². The number of benzene rings is 1. The SMILES string of the molecule is CC(C)(C#N)n1cc(N(c2ccccc2)c2nc(C3=CC=C3)nc3cn[nH]c23)cn1. The first-order valence-corrected chi connectivity index (χ1v) is 9.48. The summed E-state index contributed by atoms with van der Waals surface area (Å²) in [4.78, 5) is 11.5. The van der Waals surface area contributed by atoms with E-state index in [0.717, 1.165) is 28.0 Å². The zero-order chi connectivity index (χ0) is 20.7. The number of anilines is 3. The topological polar surface area (TPSA) is 99.3 Å². The zero-order valence-corrected chi connectivity index (χ0v) is 16.5. The van der Waals surface area contributed by atoms with Gasteiger partial charge < -0.3 is 0 Å². The van der Waals surface area contributed by atoms with Crippen LogP contribution in [0.4, 0.5) is 17.2 Å². The highest BCUT2D eigenvalue weighted by Crippen LogP contribution is 2.37. The van der Waals surface area contributed by atoms with Gasteiger partial charge in [-0.05, 0) is 26.0 Å². The van der Waals surface area contributed by atoms with Gasteiger partial charge in [0.25, 0.3) is 0 Å². The number of para-hydroxylation sites is 1. The molecule has 1 aliphatic rings. The Morgan fingerprint density at radius 3 is 2.60 bits per heavy atom. The van der Waals surface area contributed by atoms with Crippen molar-refractivity contribution in [1.29, 1.82) is 5.26 Å². The number of aromatic nitrogens is 6. The molecular weight excluding hydrogens is 376 g/mol.